The van der Waals surface area contributed by atoms with E-state index >= 15 is 0 Å². The van der Waals surface area contributed by atoms with Gasteiger partial charge in [0.2, 0.25) is 5.91 Å². The minimum Gasteiger partial charge on any atom is -0.380 e. The zero-order valence-electron chi connectivity index (χ0n) is 9.85. The van der Waals surface area contributed by atoms with Gasteiger partial charge in [-0.1, -0.05) is 12.1 Å². The molecule has 0 radical (unpaired) electrons. The molecule has 0 aromatic heterocycles. The smallest absolute Gasteiger partial charge is 0.228 e. The molecule has 1 aromatic carbocycles. The van der Waals surface area contributed by atoms with E-state index in [0.29, 0.717) is 19.6 Å². The largest absolute Gasteiger partial charge is 0.380 e. The number of nitrogens with zero attached hydrogens (tertiary/aromatic N) is 1. The number of rotatable bonds is 3. The van der Waals surface area contributed by atoms with Crippen LogP contribution >= 0.6 is 0 Å². The number of terminal acetylenes is 1. The molecule has 0 bridgehead atoms. The third-order valence-electron chi connectivity index (χ3n) is 2.89. The van der Waals surface area contributed by atoms with E-state index in [9.17, 15) is 4.79 Å². The molecule has 88 valence electrons. The van der Waals surface area contributed by atoms with E-state index in [1.54, 1.807) is 12.0 Å². The number of carbonyl (C=O) groups is 1. The van der Waals surface area contributed by atoms with E-state index in [1.165, 1.54) is 0 Å². The first-order valence-electron chi connectivity index (χ1n) is 5.59. The van der Waals surface area contributed by atoms with Crippen molar-refractivity contribution in [1.82, 2.24) is 0 Å². The van der Waals surface area contributed by atoms with Crippen molar-refractivity contribution >= 4 is 11.6 Å². The number of hydrogen-bond acceptors (Lipinski definition) is 2. The summed E-state index contributed by atoms with van der Waals surface area (Å²) in [6.45, 7) is 1.17. The third-order valence-corrected chi connectivity index (χ3v) is 2.89. The summed E-state index contributed by atoms with van der Waals surface area (Å²) in [6.07, 6.45) is 5.81. The SMILES string of the molecule is C#CC1CC(=O)N(c2cccc(COC)c2)C1. The van der Waals surface area contributed by atoms with Gasteiger partial charge in [0.05, 0.1) is 6.61 Å². The Kier molecular flexibility index (Phi) is 3.46. The van der Waals surface area contributed by atoms with Crippen LogP contribution in [-0.4, -0.2) is 19.6 Å². The fourth-order valence-corrected chi connectivity index (χ4v) is 2.05. The maximum absolute atomic E-state index is 11.8. The van der Waals surface area contributed by atoms with E-state index in [1.807, 2.05) is 24.3 Å². The number of anilines is 1. The van der Waals surface area contributed by atoms with Gasteiger partial charge in [-0.05, 0) is 17.7 Å². The second kappa shape index (κ2) is 5.03. The molecule has 1 aliphatic rings. The number of methoxy groups -OCH3 is 1. The molecule has 1 saturated heterocycles. The molecule has 0 spiro atoms. The van der Waals surface area contributed by atoms with Gasteiger partial charge < -0.3 is 9.64 Å². The van der Waals surface area contributed by atoms with Gasteiger partial charge in [0.15, 0.2) is 0 Å². The Labute approximate surface area is 101 Å². The number of ether oxygens (including phenoxy) is 1. The maximum Gasteiger partial charge on any atom is 0.228 e. The molecular formula is C14H15NO2. The molecule has 1 aliphatic heterocycles. The van der Waals surface area contributed by atoms with E-state index in [2.05, 4.69) is 5.92 Å². The van der Waals surface area contributed by atoms with Crippen molar-refractivity contribution < 1.29 is 9.53 Å². The highest BCUT2D eigenvalue weighted by Crippen LogP contribution is 2.25. The van der Waals surface area contributed by atoms with Gasteiger partial charge in [-0.3, -0.25) is 4.79 Å². The average molecular weight is 229 g/mol. The van der Waals surface area contributed by atoms with Crippen LogP contribution in [0.4, 0.5) is 5.69 Å². The van der Waals surface area contributed by atoms with Crippen molar-refractivity contribution in [2.75, 3.05) is 18.6 Å². The van der Waals surface area contributed by atoms with Crippen LogP contribution in [0.5, 0.6) is 0 Å². The molecule has 0 N–H and O–H groups in total. The lowest BCUT2D eigenvalue weighted by Gasteiger charge is -2.16. The first kappa shape index (κ1) is 11.7. The van der Waals surface area contributed by atoms with E-state index < -0.39 is 0 Å². The summed E-state index contributed by atoms with van der Waals surface area (Å²) in [5.74, 6) is 2.78. The molecule has 17 heavy (non-hydrogen) atoms. The first-order chi connectivity index (χ1) is 8.24. The Morgan fingerprint density at radius 2 is 2.41 bits per heavy atom. The minimum atomic E-state index is 0.0357. The summed E-state index contributed by atoms with van der Waals surface area (Å²) in [4.78, 5) is 13.6. The number of carbonyl (C=O) groups excluding carboxylic acids is 1. The molecule has 1 unspecified atom stereocenters. The predicted octanol–water partition coefficient (Wildman–Crippen LogP) is 1.82. The molecule has 1 heterocycles. The summed E-state index contributed by atoms with van der Waals surface area (Å²) in [6, 6.07) is 7.81. The van der Waals surface area contributed by atoms with E-state index in [-0.39, 0.29) is 11.8 Å². The van der Waals surface area contributed by atoms with Crippen molar-refractivity contribution in [2.45, 2.75) is 13.0 Å². The second-order valence-corrected chi connectivity index (χ2v) is 4.17. The number of benzene rings is 1. The summed E-state index contributed by atoms with van der Waals surface area (Å²) in [5, 5.41) is 0. The average Bonchev–Trinajstić information content (AvgIpc) is 2.71. The zero-order chi connectivity index (χ0) is 12.3. The number of amides is 1. The van der Waals surface area contributed by atoms with Crippen molar-refractivity contribution in [2.24, 2.45) is 5.92 Å². The Morgan fingerprint density at radius 3 is 3.06 bits per heavy atom. The monoisotopic (exact) mass is 229 g/mol. The Bertz CT molecular complexity index is 462. The summed E-state index contributed by atoms with van der Waals surface area (Å²) in [5.41, 5.74) is 1.96. The van der Waals surface area contributed by atoms with Crippen LogP contribution in [-0.2, 0) is 16.1 Å². The fraction of sp³-hybridized carbons (Fsp3) is 0.357. The molecule has 1 aromatic rings. The highest BCUT2D eigenvalue weighted by Gasteiger charge is 2.29. The van der Waals surface area contributed by atoms with Gasteiger partial charge in [-0.2, -0.15) is 0 Å². The van der Waals surface area contributed by atoms with Crippen LogP contribution in [0.3, 0.4) is 0 Å². The Morgan fingerprint density at radius 1 is 1.59 bits per heavy atom. The molecule has 1 amide bonds. The molecular weight excluding hydrogens is 214 g/mol. The summed E-state index contributed by atoms with van der Waals surface area (Å²) < 4.78 is 5.08. The lowest BCUT2D eigenvalue weighted by Crippen LogP contribution is -2.24. The van der Waals surface area contributed by atoms with Crippen LogP contribution in [0, 0.1) is 18.3 Å². The zero-order valence-corrected chi connectivity index (χ0v) is 9.85. The summed E-state index contributed by atoms with van der Waals surface area (Å²) >= 11 is 0. The standard InChI is InChI=1S/C14H15NO2/c1-3-11-8-14(16)15(9-11)13-6-4-5-12(7-13)10-17-2/h1,4-7,11H,8-10H2,2H3. The summed E-state index contributed by atoms with van der Waals surface area (Å²) in [7, 11) is 1.65. The minimum absolute atomic E-state index is 0.0357. The number of hydrogen-bond donors (Lipinski definition) is 0. The van der Waals surface area contributed by atoms with Crippen molar-refractivity contribution in [1.29, 1.82) is 0 Å². The first-order valence-corrected chi connectivity index (χ1v) is 5.59. The Hall–Kier alpha value is -1.79. The fourth-order valence-electron chi connectivity index (χ4n) is 2.05. The van der Waals surface area contributed by atoms with Gasteiger partial charge in [0, 0.05) is 31.7 Å². The molecule has 0 saturated carbocycles. The van der Waals surface area contributed by atoms with Crippen molar-refractivity contribution in [3.63, 3.8) is 0 Å². The highest BCUT2D eigenvalue weighted by molar-refractivity contribution is 5.96. The van der Waals surface area contributed by atoms with Crippen LogP contribution in [0.1, 0.15) is 12.0 Å². The topological polar surface area (TPSA) is 29.5 Å². The van der Waals surface area contributed by atoms with Crippen molar-refractivity contribution in [3.8, 4) is 12.3 Å². The molecule has 2 rings (SSSR count). The van der Waals surface area contributed by atoms with Crippen LogP contribution < -0.4 is 4.90 Å². The molecule has 3 nitrogen and oxygen atoms in total. The Balaban J connectivity index is 2.20. The van der Waals surface area contributed by atoms with Crippen LogP contribution in [0.15, 0.2) is 24.3 Å². The predicted molar refractivity (Wildman–Crippen MR) is 66.4 cm³/mol. The van der Waals surface area contributed by atoms with Crippen molar-refractivity contribution in [3.05, 3.63) is 29.8 Å². The lowest BCUT2D eigenvalue weighted by molar-refractivity contribution is -0.117. The maximum atomic E-state index is 11.8. The van der Waals surface area contributed by atoms with Crippen LogP contribution in [0.2, 0.25) is 0 Å². The third kappa shape index (κ3) is 2.48. The molecule has 0 aliphatic carbocycles. The van der Waals surface area contributed by atoms with E-state index in [0.717, 1.165) is 11.3 Å². The molecule has 1 atom stereocenters. The van der Waals surface area contributed by atoms with E-state index in [4.69, 9.17) is 11.2 Å². The quantitative estimate of drug-likeness (QED) is 0.740. The van der Waals surface area contributed by atoms with Crippen LogP contribution in [0.25, 0.3) is 0 Å². The molecule has 3 heteroatoms. The molecule has 1 fully saturated rings. The van der Waals surface area contributed by atoms with Gasteiger partial charge in [-0.15, -0.1) is 12.3 Å². The lowest BCUT2D eigenvalue weighted by atomic mass is 10.1. The highest BCUT2D eigenvalue weighted by atomic mass is 16.5. The van der Waals surface area contributed by atoms with Gasteiger partial charge in [0.1, 0.15) is 0 Å². The van der Waals surface area contributed by atoms with Gasteiger partial charge in [0.25, 0.3) is 0 Å². The second-order valence-electron chi connectivity index (χ2n) is 4.17. The van der Waals surface area contributed by atoms with Gasteiger partial charge in [-0.25, -0.2) is 0 Å². The van der Waals surface area contributed by atoms with Gasteiger partial charge >= 0.3 is 0 Å². The normalized spacial score (nSPS) is 19.4.